The number of carbonyl (C=O) groups excluding carboxylic acids is 1. The van der Waals surface area contributed by atoms with Crippen molar-refractivity contribution in [2.45, 2.75) is 26.2 Å². The van der Waals surface area contributed by atoms with Crippen LogP contribution >= 0.6 is 12.8 Å². The van der Waals surface area contributed by atoms with Gasteiger partial charge in [-0.3, -0.25) is 0 Å². The second-order valence-electron chi connectivity index (χ2n) is 7.27. The van der Waals surface area contributed by atoms with Gasteiger partial charge in [-0.1, -0.05) is 66.9 Å². The molecular weight excluding hydrogens is 408 g/mol. The van der Waals surface area contributed by atoms with E-state index in [1.807, 2.05) is 24.3 Å². The molecule has 0 saturated carbocycles. The molecule has 3 aromatic carbocycles. The molecule has 0 aliphatic rings. The van der Waals surface area contributed by atoms with Crippen LogP contribution < -0.4 is 19.5 Å². The molecule has 0 radical (unpaired) electrons. The van der Waals surface area contributed by atoms with Crippen LogP contribution in [-0.4, -0.2) is 19.2 Å². The SMILES string of the molecule is Cc1cccc(-c2ccccc2OCCCCCOc2cccc(N(S)C(N)=O)c2)c1. The van der Waals surface area contributed by atoms with E-state index in [4.69, 9.17) is 15.2 Å². The quantitative estimate of drug-likeness (QED) is 0.302. The number of rotatable bonds is 10. The first kappa shape index (κ1) is 22.6. The van der Waals surface area contributed by atoms with E-state index in [9.17, 15) is 4.79 Å². The van der Waals surface area contributed by atoms with Crippen molar-refractivity contribution in [3.63, 3.8) is 0 Å². The monoisotopic (exact) mass is 436 g/mol. The molecule has 5 nitrogen and oxygen atoms in total. The molecule has 0 unspecified atom stereocenters. The zero-order valence-electron chi connectivity index (χ0n) is 17.7. The molecule has 0 saturated heterocycles. The van der Waals surface area contributed by atoms with E-state index < -0.39 is 6.03 Å². The summed E-state index contributed by atoms with van der Waals surface area (Å²) in [4.78, 5) is 11.2. The molecule has 0 fully saturated rings. The number of amides is 2. The van der Waals surface area contributed by atoms with Gasteiger partial charge in [0.15, 0.2) is 0 Å². The summed E-state index contributed by atoms with van der Waals surface area (Å²) in [6, 6.07) is 23.1. The summed E-state index contributed by atoms with van der Waals surface area (Å²) in [7, 11) is 0. The van der Waals surface area contributed by atoms with Crippen molar-refractivity contribution in [3.8, 4) is 22.6 Å². The van der Waals surface area contributed by atoms with Crippen molar-refractivity contribution < 1.29 is 14.3 Å². The van der Waals surface area contributed by atoms with Gasteiger partial charge in [0, 0.05) is 11.6 Å². The van der Waals surface area contributed by atoms with Crippen molar-refractivity contribution >= 4 is 24.5 Å². The number of hydrogen-bond acceptors (Lipinski definition) is 4. The Kier molecular flexibility index (Phi) is 8.24. The van der Waals surface area contributed by atoms with Crippen LogP contribution in [0.5, 0.6) is 11.5 Å². The minimum Gasteiger partial charge on any atom is -0.494 e. The fourth-order valence-electron chi connectivity index (χ4n) is 3.23. The predicted molar refractivity (Wildman–Crippen MR) is 129 cm³/mol. The Labute approximate surface area is 189 Å². The predicted octanol–water partition coefficient (Wildman–Crippen LogP) is 6.02. The van der Waals surface area contributed by atoms with Crippen LogP contribution in [0.15, 0.2) is 72.8 Å². The number of thiol groups is 1. The van der Waals surface area contributed by atoms with Gasteiger partial charge in [-0.15, -0.1) is 0 Å². The van der Waals surface area contributed by atoms with E-state index in [2.05, 4.69) is 50.1 Å². The summed E-state index contributed by atoms with van der Waals surface area (Å²) in [5.41, 5.74) is 9.33. The maximum absolute atomic E-state index is 11.2. The summed E-state index contributed by atoms with van der Waals surface area (Å²) < 4.78 is 12.9. The number of aryl methyl sites for hydroxylation is 1. The number of para-hydroxylation sites is 1. The molecule has 31 heavy (non-hydrogen) atoms. The first-order valence-corrected chi connectivity index (χ1v) is 10.7. The molecule has 3 aromatic rings. The molecule has 0 aliphatic carbocycles. The first-order valence-electron chi connectivity index (χ1n) is 10.3. The highest BCUT2D eigenvalue weighted by molar-refractivity contribution is 7.82. The van der Waals surface area contributed by atoms with Crippen molar-refractivity contribution in [3.05, 3.63) is 78.4 Å². The number of benzene rings is 3. The van der Waals surface area contributed by atoms with E-state index in [1.165, 1.54) is 11.1 Å². The van der Waals surface area contributed by atoms with Crippen LogP contribution in [0.2, 0.25) is 0 Å². The summed E-state index contributed by atoms with van der Waals surface area (Å²) in [5.74, 6) is 1.59. The number of anilines is 1. The van der Waals surface area contributed by atoms with Crippen molar-refractivity contribution in [1.82, 2.24) is 0 Å². The average Bonchev–Trinajstić information content (AvgIpc) is 2.78. The van der Waals surface area contributed by atoms with Crippen molar-refractivity contribution in [2.75, 3.05) is 17.5 Å². The topological polar surface area (TPSA) is 64.8 Å². The van der Waals surface area contributed by atoms with Gasteiger partial charge in [-0.25, -0.2) is 9.10 Å². The Bertz CT molecular complexity index is 1010. The lowest BCUT2D eigenvalue weighted by molar-refractivity contribution is 0.257. The van der Waals surface area contributed by atoms with Crippen molar-refractivity contribution in [1.29, 1.82) is 0 Å². The first-order chi connectivity index (χ1) is 15.0. The minimum atomic E-state index is -0.635. The summed E-state index contributed by atoms with van der Waals surface area (Å²) in [6.07, 6.45) is 2.84. The van der Waals surface area contributed by atoms with E-state index in [0.29, 0.717) is 24.7 Å². The number of carbonyl (C=O) groups is 1. The Morgan fingerprint density at radius 2 is 1.65 bits per heavy atom. The van der Waals surface area contributed by atoms with E-state index in [0.717, 1.165) is 34.9 Å². The molecule has 0 aliphatic heterocycles. The maximum Gasteiger partial charge on any atom is 0.329 e. The van der Waals surface area contributed by atoms with Gasteiger partial charge in [0.1, 0.15) is 11.5 Å². The van der Waals surface area contributed by atoms with Crippen LogP contribution in [0.3, 0.4) is 0 Å². The smallest absolute Gasteiger partial charge is 0.329 e. The third-order valence-corrected chi connectivity index (χ3v) is 5.23. The zero-order chi connectivity index (χ0) is 22.1. The fourth-order valence-corrected chi connectivity index (χ4v) is 3.35. The minimum absolute atomic E-state index is 0.578. The molecule has 6 heteroatoms. The molecule has 0 heterocycles. The van der Waals surface area contributed by atoms with Crippen molar-refractivity contribution in [2.24, 2.45) is 5.73 Å². The van der Waals surface area contributed by atoms with Gasteiger partial charge < -0.3 is 15.2 Å². The average molecular weight is 437 g/mol. The summed E-state index contributed by atoms with van der Waals surface area (Å²) >= 11 is 4.06. The molecule has 2 N–H and O–H groups in total. The van der Waals surface area contributed by atoms with Gasteiger partial charge in [0.2, 0.25) is 0 Å². The largest absolute Gasteiger partial charge is 0.494 e. The lowest BCUT2D eigenvalue weighted by Crippen LogP contribution is -2.27. The van der Waals surface area contributed by atoms with Crippen LogP contribution in [-0.2, 0) is 0 Å². The summed E-state index contributed by atoms with van der Waals surface area (Å²) in [6.45, 7) is 3.34. The molecule has 0 atom stereocenters. The van der Waals surface area contributed by atoms with Crippen LogP contribution in [0.1, 0.15) is 24.8 Å². The number of primary amides is 1. The number of hydrogen-bond donors (Lipinski definition) is 2. The van der Waals surface area contributed by atoms with Crippen LogP contribution in [0.4, 0.5) is 10.5 Å². The number of unbranched alkanes of at least 4 members (excludes halogenated alkanes) is 2. The molecule has 3 rings (SSSR count). The maximum atomic E-state index is 11.2. The molecule has 0 aromatic heterocycles. The third-order valence-electron chi connectivity index (χ3n) is 4.80. The van der Waals surface area contributed by atoms with Gasteiger partial charge in [0.25, 0.3) is 0 Å². The van der Waals surface area contributed by atoms with Gasteiger partial charge >= 0.3 is 6.03 Å². The van der Waals surface area contributed by atoms with E-state index in [-0.39, 0.29) is 0 Å². The fraction of sp³-hybridized carbons (Fsp3) is 0.240. The van der Waals surface area contributed by atoms with Gasteiger partial charge in [0.05, 0.1) is 18.9 Å². The lowest BCUT2D eigenvalue weighted by atomic mass is 10.0. The normalized spacial score (nSPS) is 10.5. The molecule has 0 spiro atoms. The Balaban J connectivity index is 1.41. The van der Waals surface area contributed by atoms with E-state index in [1.54, 1.807) is 18.2 Å². The second kappa shape index (κ2) is 11.3. The number of nitrogens with two attached hydrogens (primary N) is 1. The standard InChI is InChI=1S/C25H28N2O3S/c1-19-9-7-10-20(17-19)23-13-3-4-14-24(23)30-16-6-2-5-15-29-22-12-8-11-21(18-22)27(31)25(26)28/h3-4,7-14,17-18,31H,2,5-6,15-16H2,1H3,(H2,26,28). The number of urea groups is 1. The molecule has 0 bridgehead atoms. The number of nitrogens with zero attached hydrogens (tertiary/aromatic N) is 1. The highest BCUT2D eigenvalue weighted by Gasteiger charge is 2.08. The highest BCUT2D eigenvalue weighted by Crippen LogP contribution is 2.30. The summed E-state index contributed by atoms with van der Waals surface area (Å²) in [5, 5.41) is 0. The Morgan fingerprint density at radius 1 is 0.903 bits per heavy atom. The van der Waals surface area contributed by atoms with Gasteiger partial charge in [-0.05, 0) is 49.9 Å². The highest BCUT2D eigenvalue weighted by atomic mass is 32.1. The Hall–Kier alpha value is -3.12. The van der Waals surface area contributed by atoms with E-state index >= 15 is 0 Å². The van der Waals surface area contributed by atoms with Gasteiger partial charge in [-0.2, -0.15) is 0 Å². The molecule has 162 valence electrons. The van der Waals surface area contributed by atoms with Crippen LogP contribution in [0.25, 0.3) is 11.1 Å². The second-order valence-corrected chi connectivity index (χ2v) is 7.67. The Morgan fingerprint density at radius 3 is 2.42 bits per heavy atom. The molecule has 2 amide bonds. The molecular formula is C25H28N2O3S. The lowest BCUT2D eigenvalue weighted by Gasteiger charge is -2.14. The third kappa shape index (κ3) is 6.69. The zero-order valence-corrected chi connectivity index (χ0v) is 18.6. The number of ether oxygens (including phenoxy) is 2. The van der Waals surface area contributed by atoms with Crippen LogP contribution in [0, 0.1) is 6.92 Å².